The molecule has 0 aromatic heterocycles. The average molecular weight is 478 g/mol. The van der Waals surface area contributed by atoms with Gasteiger partial charge in [-0.2, -0.15) is 10.5 Å². The van der Waals surface area contributed by atoms with E-state index < -0.39 is 5.91 Å². The van der Waals surface area contributed by atoms with Crippen molar-refractivity contribution in [2.24, 2.45) is 0 Å². The highest BCUT2D eigenvalue weighted by molar-refractivity contribution is 6.10. The first-order valence-electron chi connectivity index (χ1n) is 11.3. The number of allylic oxidation sites excluding steroid dienone is 1. The number of benzene rings is 3. The number of carbonyl (C=O) groups is 1. The lowest BCUT2D eigenvalue weighted by atomic mass is 10.0. The van der Waals surface area contributed by atoms with Crippen molar-refractivity contribution in [3.05, 3.63) is 106 Å². The zero-order valence-corrected chi connectivity index (χ0v) is 20.6. The number of carbonyl (C=O) groups excluding carboxylic acids is 1. The van der Waals surface area contributed by atoms with E-state index in [1.54, 1.807) is 30.3 Å². The van der Waals surface area contributed by atoms with Gasteiger partial charge >= 0.3 is 0 Å². The summed E-state index contributed by atoms with van der Waals surface area (Å²) in [5.74, 6) is 0.465. The van der Waals surface area contributed by atoms with E-state index >= 15 is 0 Å². The Balaban J connectivity index is 1.94. The van der Waals surface area contributed by atoms with Gasteiger partial charge in [-0.1, -0.05) is 36.4 Å². The lowest BCUT2D eigenvalue weighted by Crippen LogP contribution is -2.14. The van der Waals surface area contributed by atoms with Gasteiger partial charge in [-0.05, 0) is 67.3 Å². The summed E-state index contributed by atoms with van der Waals surface area (Å²) in [6.45, 7) is 7.88. The molecule has 0 heterocycles. The van der Waals surface area contributed by atoms with E-state index in [1.807, 2.05) is 50.2 Å². The standard InChI is InChI=1S/C30H27N3O3/c1-5-9-23-14-22(15-26(18-32)30(34)33-27-13-8-10-20(2)21(27)3)16-28(35-4)29(23)36-19-25-12-7-6-11-24(25)17-31/h5-8,10-16H,1,9,19H2,2-4H3,(H,33,34)/b26-15+. The van der Waals surface area contributed by atoms with E-state index in [4.69, 9.17) is 9.47 Å². The monoisotopic (exact) mass is 477 g/mol. The number of aryl methyl sites for hydroxylation is 1. The van der Waals surface area contributed by atoms with E-state index in [-0.39, 0.29) is 12.2 Å². The summed E-state index contributed by atoms with van der Waals surface area (Å²) in [7, 11) is 1.52. The molecule has 0 saturated carbocycles. The van der Waals surface area contributed by atoms with Crippen molar-refractivity contribution in [2.75, 3.05) is 12.4 Å². The van der Waals surface area contributed by atoms with Gasteiger partial charge in [0, 0.05) is 16.8 Å². The molecule has 3 aromatic rings. The minimum atomic E-state index is -0.496. The van der Waals surface area contributed by atoms with Crippen molar-refractivity contribution in [2.45, 2.75) is 26.9 Å². The molecule has 0 spiro atoms. The highest BCUT2D eigenvalue weighted by Gasteiger charge is 2.16. The zero-order valence-electron chi connectivity index (χ0n) is 20.6. The molecule has 0 unspecified atom stereocenters. The van der Waals surface area contributed by atoms with Crippen LogP contribution in [-0.2, 0) is 17.8 Å². The van der Waals surface area contributed by atoms with Crippen LogP contribution in [0, 0.1) is 36.5 Å². The number of methoxy groups -OCH3 is 1. The normalized spacial score (nSPS) is 10.6. The molecule has 3 rings (SSSR count). The van der Waals surface area contributed by atoms with Crippen molar-refractivity contribution in [3.8, 4) is 23.6 Å². The Morgan fingerprint density at radius 3 is 2.56 bits per heavy atom. The van der Waals surface area contributed by atoms with Gasteiger partial charge in [-0.25, -0.2) is 0 Å². The summed E-state index contributed by atoms with van der Waals surface area (Å²) in [6.07, 6.45) is 3.73. The highest BCUT2D eigenvalue weighted by Crippen LogP contribution is 2.35. The Morgan fingerprint density at radius 2 is 1.86 bits per heavy atom. The van der Waals surface area contributed by atoms with Crippen LogP contribution in [0.2, 0.25) is 0 Å². The lowest BCUT2D eigenvalue weighted by molar-refractivity contribution is -0.112. The van der Waals surface area contributed by atoms with E-state index in [1.165, 1.54) is 13.2 Å². The van der Waals surface area contributed by atoms with Crippen LogP contribution in [0.15, 0.2) is 72.8 Å². The summed E-state index contributed by atoms with van der Waals surface area (Å²) in [4.78, 5) is 12.9. The number of hydrogen-bond acceptors (Lipinski definition) is 5. The van der Waals surface area contributed by atoms with Gasteiger partial charge in [0.15, 0.2) is 11.5 Å². The summed E-state index contributed by atoms with van der Waals surface area (Å²) in [6, 6.07) is 20.5. The third-order valence-corrected chi connectivity index (χ3v) is 5.78. The van der Waals surface area contributed by atoms with E-state index in [0.717, 1.165) is 22.3 Å². The van der Waals surface area contributed by atoms with Gasteiger partial charge in [0.1, 0.15) is 18.2 Å². The van der Waals surface area contributed by atoms with Crippen molar-refractivity contribution >= 4 is 17.7 Å². The van der Waals surface area contributed by atoms with Gasteiger partial charge in [0.25, 0.3) is 5.91 Å². The molecule has 0 saturated heterocycles. The molecule has 0 bridgehead atoms. The Labute approximate surface area is 211 Å². The summed E-state index contributed by atoms with van der Waals surface area (Å²) in [5.41, 5.74) is 5.28. The maximum absolute atomic E-state index is 12.9. The van der Waals surface area contributed by atoms with Gasteiger partial charge in [0.05, 0.1) is 18.7 Å². The molecule has 180 valence electrons. The number of anilines is 1. The van der Waals surface area contributed by atoms with Crippen LogP contribution in [0.3, 0.4) is 0 Å². The van der Waals surface area contributed by atoms with Crippen LogP contribution in [-0.4, -0.2) is 13.0 Å². The average Bonchev–Trinajstić information content (AvgIpc) is 2.89. The molecule has 0 aliphatic rings. The predicted octanol–water partition coefficient (Wildman–Crippen LogP) is 6.04. The number of hydrogen-bond donors (Lipinski definition) is 1. The molecule has 0 atom stereocenters. The number of nitrogens with zero attached hydrogens (tertiary/aromatic N) is 2. The van der Waals surface area contributed by atoms with Gasteiger partial charge in [0.2, 0.25) is 0 Å². The third kappa shape index (κ3) is 6.00. The number of ether oxygens (including phenoxy) is 2. The number of rotatable bonds is 9. The molecule has 6 heteroatoms. The number of amides is 1. The Bertz CT molecular complexity index is 1410. The van der Waals surface area contributed by atoms with Gasteiger partial charge in [-0.15, -0.1) is 6.58 Å². The summed E-state index contributed by atoms with van der Waals surface area (Å²) in [5, 5.41) is 21.9. The van der Waals surface area contributed by atoms with Crippen molar-refractivity contribution < 1.29 is 14.3 Å². The highest BCUT2D eigenvalue weighted by atomic mass is 16.5. The smallest absolute Gasteiger partial charge is 0.266 e. The molecule has 0 radical (unpaired) electrons. The first kappa shape index (κ1) is 25.8. The largest absolute Gasteiger partial charge is 0.493 e. The first-order chi connectivity index (χ1) is 17.4. The van der Waals surface area contributed by atoms with Crippen LogP contribution >= 0.6 is 0 Å². The molecule has 0 fully saturated rings. The third-order valence-electron chi connectivity index (χ3n) is 5.78. The minimum absolute atomic E-state index is 0.0425. The predicted molar refractivity (Wildman–Crippen MR) is 141 cm³/mol. The number of nitrogens with one attached hydrogen (secondary N) is 1. The molecule has 6 nitrogen and oxygen atoms in total. The van der Waals surface area contributed by atoms with Crippen LogP contribution in [0.4, 0.5) is 5.69 Å². The molecule has 1 amide bonds. The molecule has 0 aliphatic heterocycles. The Hall–Kier alpha value is -4.81. The van der Waals surface area contributed by atoms with Gasteiger partial charge < -0.3 is 14.8 Å². The molecule has 36 heavy (non-hydrogen) atoms. The van der Waals surface area contributed by atoms with Gasteiger partial charge in [-0.3, -0.25) is 4.79 Å². The van der Waals surface area contributed by atoms with Crippen LogP contribution in [0.25, 0.3) is 6.08 Å². The first-order valence-corrected chi connectivity index (χ1v) is 11.3. The van der Waals surface area contributed by atoms with Crippen LogP contribution < -0.4 is 14.8 Å². The minimum Gasteiger partial charge on any atom is -0.493 e. The summed E-state index contributed by atoms with van der Waals surface area (Å²) >= 11 is 0. The lowest BCUT2D eigenvalue weighted by Gasteiger charge is -2.16. The summed E-state index contributed by atoms with van der Waals surface area (Å²) < 4.78 is 11.7. The molecular formula is C30H27N3O3. The SMILES string of the molecule is C=CCc1cc(/C=C(\C#N)C(=O)Nc2cccc(C)c2C)cc(OC)c1OCc1ccccc1C#N. The van der Waals surface area contributed by atoms with E-state index in [0.29, 0.717) is 34.7 Å². The molecule has 3 aromatic carbocycles. The Morgan fingerprint density at radius 1 is 1.08 bits per heavy atom. The topological polar surface area (TPSA) is 95.1 Å². The molecule has 1 N–H and O–H groups in total. The van der Waals surface area contributed by atoms with Crippen molar-refractivity contribution in [1.82, 2.24) is 0 Å². The Kier molecular flexibility index (Phi) is 8.64. The zero-order chi connectivity index (χ0) is 26.1. The fraction of sp³-hybridized carbons (Fsp3) is 0.167. The second kappa shape index (κ2) is 12.1. The quantitative estimate of drug-likeness (QED) is 0.230. The van der Waals surface area contributed by atoms with E-state index in [2.05, 4.69) is 18.0 Å². The second-order valence-electron chi connectivity index (χ2n) is 8.13. The van der Waals surface area contributed by atoms with Crippen LogP contribution in [0.5, 0.6) is 11.5 Å². The molecule has 0 aliphatic carbocycles. The maximum Gasteiger partial charge on any atom is 0.266 e. The van der Waals surface area contributed by atoms with Crippen LogP contribution in [0.1, 0.15) is 33.4 Å². The molecular weight excluding hydrogens is 450 g/mol. The second-order valence-corrected chi connectivity index (χ2v) is 8.13. The number of nitriles is 2. The maximum atomic E-state index is 12.9. The van der Waals surface area contributed by atoms with Crippen molar-refractivity contribution in [1.29, 1.82) is 10.5 Å². The van der Waals surface area contributed by atoms with Crippen molar-refractivity contribution in [3.63, 3.8) is 0 Å². The fourth-order valence-electron chi connectivity index (χ4n) is 3.69. The fourth-order valence-corrected chi connectivity index (χ4v) is 3.69. The van der Waals surface area contributed by atoms with E-state index in [9.17, 15) is 15.3 Å².